The molecule has 0 unspecified atom stereocenters. The van der Waals surface area contributed by atoms with Gasteiger partial charge in [0.15, 0.2) is 0 Å². The maximum absolute atomic E-state index is 12.5. The topological polar surface area (TPSA) is 37.4 Å². The zero-order chi connectivity index (χ0) is 14.5. The van der Waals surface area contributed by atoms with Gasteiger partial charge in [0, 0.05) is 6.54 Å². The van der Waals surface area contributed by atoms with Gasteiger partial charge in [0.05, 0.1) is 11.1 Å². The number of rotatable bonds is 2. The van der Waals surface area contributed by atoms with Crippen LogP contribution in [0, 0.1) is 33.6 Å². The Morgan fingerprint density at radius 2 is 1.16 bits per heavy atom. The molecule has 1 aromatic carbocycles. The summed E-state index contributed by atoms with van der Waals surface area (Å²) in [6.45, 7) is 12.4. The number of carbonyl (C=O) groups excluding carboxylic acids is 2. The average molecular weight is 259 g/mol. The molecule has 3 heteroatoms. The van der Waals surface area contributed by atoms with Gasteiger partial charge in [-0.2, -0.15) is 0 Å². The number of fused-ring (bicyclic) bond motifs is 1. The Bertz CT molecular complexity index is 538. The SMILES string of the molecule is Cc1c(C)c(C)c2c(c1C)C(=O)N(CC(C)C)C2=O. The quantitative estimate of drug-likeness (QED) is 0.765. The lowest BCUT2D eigenvalue weighted by Crippen LogP contribution is -2.33. The Kier molecular flexibility index (Phi) is 3.25. The first-order valence-corrected chi connectivity index (χ1v) is 6.73. The van der Waals surface area contributed by atoms with E-state index in [9.17, 15) is 9.59 Å². The maximum Gasteiger partial charge on any atom is 0.261 e. The number of imide groups is 1. The van der Waals surface area contributed by atoms with Gasteiger partial charge in [0.2, 0.25) is 0 Å². The molecule has 0 spiro atoms. The van der Waals surface area contributed by atoms with Gasteiger partial charge in [-0.25, -0.2) is 0 Å². The summed E-state index contributed by atoms with van der Waals surface area (Å²) >= 11 is 0. The predicted molar refractivity (Wildman–Crippen MR) is 75.6 cm³/mol. The molecule has 3 nitrogen and oxygen atoms in total. The van der Waals surface area contributed by atoms with Gasteiger partial charge in [-0.15, -0.1) is 0 Å². The molecule has 0 saturated carbocycles. The highest BCUT2D eigenvalue weighted by atomic mass is 16.2. The van der Waals surface area contributed by atoms with Crippen LogP contribution < -0.4 is 0 Å². The third-order valence-electron chi connectivity index (χ3n) is 4.15. The van der Waals surface area contributed by atoms with Gasteiger partial charge in [-0.05, 0) is 55.9 Å². The van der Waals surface area contributed by atoms with Crippen LogP contribution in [0.25, 0.3) is 0 Å². The van der Waals surface area contributed by atoms with E-state index >= 15 is 0 Å². The average Bonchev–Trinajstić information content (AvgIpc) is 2.58. The highest BCUT2D eigenvalue weighted by molar-refractivity contribution is 6.23. The Hall–Kier alpha value is -1.64. The first-order chi connectivity index (χ1) is 8.77. The van der Waals surface area contributed by atoms with Crippen LogP contribution in [0.1, 0.15) is 56.8 Å². The second-order valence-corrected chi connectivity index (χ2v) is 5.86. The van der Waals surface area contributed by atoms with E-state index in [0.717, 1.165) is 22.3 Å². The van der Waals surface area contributed by atoms with E-state index in [0.29, 0.717) is 17.7 Å². The van der Waals surface area contributed by atoms with Crippen LogP contribution in [0.3, 0.4) is 0 Å². The van der Waals surface area contributed by atoms with Crippen molar-refractivity contribution in [3.63, 3.8) is 0 Å². The van der Waals surface area contributed by atoms with Crippen LogP contribution >= 0.6 is 0 Å². The predicted octanol–water partition coefficient (Wildman–Crippen LogP) is 3.17. The molecule has 0 N–H and O–H groups in total. The molecule has 102 valence electrons. The standard InChI is InChI=1S/C16H21NO2/c1-8(2)7-17-15(18)13-11(5)9(3)10(4)12(6)14(13)16(17)19/h8H,7H2,1-6H3. The summed E-state index contributed by atoms with van der Waals surface area (Å²) in [5.41, 5.74) is 5.36. The van der Waals surface area contributed by atoms with E-state index in [4.69, 9.17) is 0 Å². The first kappa shape index (κ1) is 13.8. The molecule has 0 bridgehead atoms. The third kappa shape index (κ3) is 1.88. The van der Waals surface area contributed by atoms with Gasteiger partial charge in [0.25, 0.3) is 11.8 Å². The Morgan fingerprint density at radius 1 is 0.789 bits per heavy atom. The number of hydrogen-bond acceptors (Lipinski definition) is 2. The second-order valence-electron chi connectivity index (χ2n) is 5.86. The van der Waals surface area contributed by atoms with Gasteiger partial charge in [0.1, 0.15) is 0 Å². The van der Waals surface area contributed by atoms with Gasteiger partial charge < -0.3 is 0 Å². The molecule has 2 amide bonds. The minimum absolute atomic E-state index is 0.127. The van der Waals surface area contributed by atoms with Crippen molar-refractivity contribution in [1.82, 2.24) is 4.90 Å². The van der Waals surface area contributed by atoms with Crippen molar-refractivity contribution in [2.75, 3.05) is 6.54 Å². The molecule has 1 heterocycles. The molecule has 0 aromatic heterocycles. The summed E-state index contributed by atoms with van der Waals surface area (Å²) in [5, 5.41) is 0. The summed E-state index contributed by atoms with van der Waals surface area (Å²) in [4.78, 5) is 26.4. The first-order valence-electron chi connectivity index (χ1n) is 6.73. The van der Waals surface area contributed by atoms with E-state index in [1.807, 2.05) is 41.5 Å². The van der Waals surface area contributed by atoms with E-state index in [1.54, 1.807) is 0 Å². The van der Waals surface area contributed by atoms with E-state index in [2.05, 4.69) is 0 Å². The van der Waals surface area contributed by atoms with Gasteiger partial charge in [-0.3, -0.25) is 14.5 Å². The highest BCUT2D eigenvalue weighted by Crippen LogP contribution is 2.33. The third-order valence-corrected chi connectivity index (χ3v) is 4.15. The van der Waals surface area contributed by atoms with Crippen LogP contribution in [-0.2, 0) is 0 Å². The molecule has 1 aromatic rings. The van der Waals surface area contributed by atoms with Crippen molar-refractivity contribution in [3.05, 3.63) is 33.4 Å². The molecular weight excluding hydrogens is 238 g/mol. The maximum atomic E-state index is 12.5. The van der Waals surface area contributed by atoms with Crippen LogP contribution in [0.2, 0.25) is 0 Å². The smallest absolute Gasteiger partial charge is 0.261 e. The highest BCUT2D eigenvalue weighted by Gasteiger charge is 2.39. The van der Waals surface area contributed by atoms with Crippen molar-refractivity contribution in [1.29, 1.82) is 0 Å². The van der Waals surface area contributed by atoms with Crippen molar-refractivity contribution in [3.8, 4) is 0 Å². The second kappa shape index (κ2) is 4.48. The van der Waals surface area contributed by atoms with Crippen LogP contribution in [0.4, 0.5) is 0 Å². The zero-order valence-electron chi connectivity index (χ0n) is 12.5. The summed E-state index contributed by atoms with van der Waals surface area (Å²) in [5.74, 6) is 0.0276. The molecule has 1 aliphatic rings. The monoisotopic (exact) mass is 259 g/mol. The van der Waals surface area contributed by atoms with Crippen molar-refractivity contribution in [2.45, 2.75) is 41.5 Å². The summed E-state index contributed by atoms with van der Waals surface area (Å²) in [7, 11) is 0. The Labute approximate surface area is 114 Å². The molecule has 0 saturated heterocycles. The Balaban J connectivity index is 2.66. The largest absolute Gasteiger partial charge is 0.274 e. The minimum atomic E-state index is -0.127. The van der Waals surface area contributed by atoms with Crippen molar-refractivity contribution < 1.29 is 9.59 Å². The molecular formula is C16H21NO2. The summed E-state index contributed by atoms with van der Waals surface area (Å²) in [6, 6.07) is 0. The lowest BCUT2D eigenvalue weighted by atomic mass is 9.90. The fraction of sp³-hybridized carbons (Fsp3) is 0.500. The summed E-state index contributed by atoms with van der Waals surface area (Å²) < 4.78 is 0. The fourth-order valence-electron chi connectivity index (χ4n) is 2.74. The number of benzene rings is 1. The fourth-order valence-corrected chi connectivity index (χ4v) is 2.74. The van der Waals surface area contributed by atoms with Gasteiger partial charge >= 0.3 is 0 Å². The lowest BCUT2D eigenvalue weighted by Gasteiger charge is -2.16. The van der Waals surface area contributed by atoms with Crippen LogP contribution in [-0.4, -0.2) is 23.3 Å². The lowest BCUT2D eigenvalue weighted by molar-refractivity contribution is 0.0636. The van der Waals surface area contributed by atoms with Crippen molar-refractivity contribution >= 4 is 11.8 Å². The normalized spacial score (nSPS) is 14.6. The summed E-state index contributed by atoms with van der Waals surface area (Å²) in [6.07, 6.45) is 0. The number of carbonyl (C=O) groups is 2. The Morgan fingerprint density at radius 3 is 1.47 bits per heavy atom. The van der Waals surface area contributed by atoms with E-state index in [1.165, 1.54) is 4.90 Å². The molecule has 19 heavy (non-hydrogen) atoms. The van der Waals surface area contributed by atoms with Crippen LogP contribution in [0.5, 0.6) is 0 Å². The van der Waals surface area contributed by atoms with E-state index < -0.39 is 0 Å². The molecule has 1 aliphatic heterocycles. The molecule has 0 fully saturated rings. The van der Waals surface area contributed by atoms with Gasteiger partial charge in [-0.1, -0.05) is 13.8 Å². The molecule has 0 radical (unpaired) electrons. The number of nitrogens with zero attached hydrogens (tertiary/aromatic N) is 1. The zero-order valence-corrected chi connectivity index (χ0v) is 12.5. The van der Waals surface area contributed by atoms with E-state index in [-0.39, 0.29) is 17.7 Å². The van der Waals surface area contributed by atoms with Crippen molar-refractivity contribution in [2.24, 2.45) is 5.92 Å². The van der Waals surface area contributed by atoms with Crippen LogP contribution in [0.15, 0.2) is 0 Å². The minimum Gasteiger partial charge on any atom is -0.274 e. The molecule has 0 atom stereocenters. The molecule has 2 rings (SSSR count). The molecule has 0 aliphatic carbocycles. The number of amides is 2. The number of hydrogen-bond donors (Lipinski definition) is 0.